The maximum Gasteiger partial charge on any atom is 0.314 e. The van der Waals surface area contributed by atoms with Gasteiger partial charge in [-0.25, -0.2) is 4.79 Å². The fraction of sp³-hybridized carbons (Fsp3) is 0.833. The van der Waals surface area contributed by atoms with Crippen molar-refractivity contribution in [2.75, 3.05) is 27.2 Å². The molecule has 2 amide bonds. The van der Waals surface area contributed by atoms with Crippen LogP contribution in [0.1, 0.15) is 32.6 Å². The summed E-state index contributed by atoms with van der Waals surface area (Å²) in [5.41, 5.74) is 0. The van der Waals surface area contributed by atoms with Crippen LogP contribution in [0.3, 0.4) is 0 Å². The Balaban J connectivity index is 3.49. The number of carboxylic acids is 1. The Morgan fingerprint density at radius 2 is 1.94 bits per heavy atom. The third-order valence-corrected chi connectivity index (χ3v) is 2.49. The van der Waals surface area contributed by atoms with Gasteiger partial charge < -0.3 is 20.6 Å². The molecule has 0 aliphatic rings. The number of urea groups is 1. The molecule has 0 heterocycles. The van der Waals surface area contributed by atoms with Gasteiger partial charge in [0.15, 0.2) is 0 Å². The van der Waals surface area contributed by atoms with Crippen molar-refractivity contribution in [3.8, 4) is 0 Å². The molecule has 18 heavy (non-hydrogen) atoms. The zero-order valence-corrected chi connectivity index (χ0v) is 11.5. The summed E-state index contributed by atoms with van der Waals surface area (Å²) in [6, 6.07) is -0.347. The fourth-order valence-corrected chi connectivity index (χ4v) is 1.44. The first-order valence-electron chi connectivity index (χ1n) is 6.32. The maximum absolute atomic E-state index is 11.4. The maximum atomic E-state index is 11.4. The van der Waals surface area contributed by atoms with E-state index >= 15 is 0 Å². The molecule has 106 valence electrons. The molecule has 0 saturated carbocycles. The lowest BCUT2D eigenvalue weighted by atomic mass is 10.2. The van der Waals surface area contributed by atoms with Crippen LogP contribution >= 0.6 is 0 Å². The quantitative estimate of drug-likeness (QED) is 0.537. The molecule has 0 rings (SSSR count). The van der Waals surface area contributed by atoms with Crippen molar-refractivity contribution in [3.05, 3.63) is 0 Å². The van der Waals surface area contributed by atoms with Crippen LogP contribution in [0.2, 0.25) is 0 Å². The summed E-state index contributed by atoms with van der Waals surface area (Å²) in [4.78, 5) is 23.9. The van der Waals surface area contributed by atoms with Gasteiger partial charge in [0.05, 0.1) is 0 Å². The predicted octanol–water partition coefficient (Wildman–Crippen LogP) is 0.881. The molecule has 0 aliphatic carbocycles. The Bertz CT molecular complexity index is 257. The molecule has 3 N–H and O–H groups in total. The second-order valence-corrected chi connectivity index (χ2v) is 4.74. The van der Waals surface area contributed by atoms with Crippen LogP contribution in [-0.2, 0) is 4.79 Å². The highest BCUT2D eigenvalue weighted by atomic mass is 16.4. The summed E-state index contributed by atoms with van der Waals surface area (Å²) < 4.78 is 0. The van der Waals surface area contributed by atoms with Gasteiger partial charge in [-0.05, 0) is 46.8 Å². The fourth-order valence-electron chi connectivity index (χ4n) is 1.44. The van der Waals surface area contributed by atoms with Gasteiger partial charge in [-0.2, -0.15) is 0 Å². The van der Waals surface area contributed by atoms with Gasteiger partial charge in [0.2, 0.25) is 0 Å². The molecule has 0 bridgehead atoms. The molecule has 0 spiro atoms. The lowest BCUT2D eigenvalue weighted by Gasteiger charge is -2.14. The molecular formula is C12H25N3O3. The number of hydrogen-bond acceptors (Lipinski definition) is 3. The third kappa shape index (κ3) is 11.2. The van der Waals surface area contributed by atoms with Gasteiger partial charge >= 0.3 is 12.0 Å². The van der Waals surface area contributed by atoms with Crippen molar-refractivity contribution in [2.24, 2.45) is 0 Å². The van der Waals surface area contributed by atoms with Gasteiger partial charge in [-0.15, -0.1) is 0 Å². The van der Waals surface area contributed by atoms with E-state index in [1.54, 1.807) is 6.92 Å². The van der Waals surface area contributed by atoms with Crippen LogP contribution in [0.15, 0.2) is 0 Å². The molecule has 1 atom stereocenters. The van der Waals surface area contributed by atoms with Crippen LogP contribution in [0.25, 0.3) is 0 Å². The van der Waals surface area contributed by atoms with Crippen LogP contribution < -0.4 is 10.6 Å². The molecule has 0 aromatic rings. The first kappa shape index (κ1) is 16.7. The molecule has 0 radical (unpaired) electrons. The average molecular weight is 259 g/mol. The Kier molecular flexibility index (Phi) is 9.00. The van der Waals surface area contributed by atoms with Gasteiger partial charge in [-0.1, -0.05) is 0 Å². The molecule has 1 unspecified atom stereocenters. The number of nitrogens with one attached hydrogen (secondary N) is 2. The predicted molar refractivity (Wildman–Crippen MR) is 70.7 cm³/mol. The molecule has 0 saturated heterocycles. The van der Waals surface area contributed by atoms with Gasteiger partial charge in [0.25, 0.3) is 0 Å². The minimum atomic E-state index is -0.840. The van der Waals surface area contributed by atoms with E-state index in [4.69, 9.17) is 5.11 Å². The van der Waals surface area contributed by atoms with E-state index in [0.29, 0.717) is 13.0 Å². The zero-order chi connectivity index (χ0) is 14.0. The molecular weight excluding hydrogens is 234 g/mol. The summed E-state index contributed by atoms with van der Waals surface area (Å²) in [6.07, 6.45) is 2.50. The number of nitrogens with zero attached hydrogens (tertiary/aromatic N) is 1. The summed E-state index contributed by atoms with van der Waals surface area (Å²) >= 11 is 0. The Labute approximate surface area is 109 Å². The smallest absolute Gasteiger partial charge is 0.314 e. The average Bonchev–Trinajstić information content (AvgIpc) is 2.25. The van der Waals surface area contributed by atoms with E-state index < -0.39 is 5.97 Å². The minimum absolute atomic E-state index is 0.0737. The van der Waals surface area contributed by atoms with Crippen LogP contribution in [0, 0.1) is 0 Å². The minimum Gasteiger partial charge on any atom is -0.481 e. The number of carbonyl (C=O) groups excluding carboxylic acids is 1. The van der Waals surface area contributed by atoms with E-state index in [1.165, 1.54) is 0 Å². The van der Waals surface area contributed by atoms with Crippen molar-refractivity contribution >= 4 is 12.0 Å². The number of aliphatic carboxylic acids is 1. The van der Waals surface area contributed by atoms with Crippen LogP contribution in [0.4, 0.5) is 4.79 Å². The first-order chi connectivity index (χ1) is 8.41. The number of hydrogen-bond donors (Lipinski definition) is 3. The van der Waals surface area contributed by atoms with Gasteiger partial charge in [0, 0.05) is 19.0 Å². The van der Waals surface area contributed by atoms with E-state index in [1.807, 2.05) is 14.1 Å². The monoisotopic (exact) mass is 259 g/mol. The summed E-state index contributed by atoms with van der Waals surface area (Å²) in [5, 5.41) is 14.0. The second kappa shape index (κ2) is 9.70. The number of rotatable bonds is 9. The van der Waals surface area contributed by atoms with Gasteiger partial charge in [-0.3, -0.25) is 4.79 Å². The van der Waals surface area contributed by atoms with E-state index in [-0.39, 0.29) is 18.5 Å². The number of carboxylic acid groups (broad SMARTS) is 1. The van der Waals surface area contributed by atoms with E-state index in [2.05, 4.69) is 15.5 Å². The van der Waals surface area contributed by atoms with E-state index in [9.17, 15) is 9.59 Å². The van der Waals surface area contributed by atoms with Crippen molar-refractivity contribution < 1.29 is 14.7 Å². The summed E-state index contributed by atoms with van der Waals surface area (Å²) in [6.45, 7) is 3.46. The molecule has 6 nitrogen and oxygen atoms in total. The lowest BCUT2D eigenvalue weighted by molar-refractivity contribution is -0.137. The summed E-state index contributed by atoms with van der Waals surface area (Å²) in [5.74, 6) is -0.840. The van der Waals surface area contributed by atoms with Gasteiger partial charge in [0.1, 0.15) is 0 Å². The zero-order valence-electron chi connectivity index (χ0n) is 11.5. The molecule has 0 aromatic carbocycles. The molecule has 0 aromatic heterocycles. The van der Waals surface area contributed by atoms with Crippen LogP contribution in [0.5, 0.6) is 0 Å². The Hall–Kier alpha value is -1.30. The van der Waals surface area contributed by atoms with Crippen LogP contribution in [-0.4, -0.2) is 55.2 Å². The molecule has 0 aliphatic heterocycles. The first-order valence-corrected chi connectivity index (χ1v) is 6.32. The molecule has 0 fully saturated rings. The lowest BCUT2D eigenvalue weighted by Crippen LogP contribution is -2.41. The largest absolute Gasteiger partial charge is 0.481 e. The number of carbonyl (C=O) groups is 2. The van der Waals surface area contributed by atoms with Crippen molar-refractivity contribution in [2.45, 2.75) is 38.6 Å². The topological polar surface area (TPSA) is 81.7 Å². The van der Waals surface area contributed by atoms with Crippen molar-refractivity contribution in [1.29, 1.82) is 0 Å². The summed E-state index contributed by atoms with van der Waals surface area (Å²) in [7, 11) is 4.04. The Morgan fingerprint density at radius 3 is 2.50 bits per heavy atom. The second-order valence-electron chi connectivity index (χ2n) is 4.74. The normalized spacial score (nSPS) is 12.2. The molecule has 6 heteroatoms. The SMILES string of the molecule is CC(CCC(=O)O)NC(=O)NCCCCN(C)C. The number of amides is 2. The van der Waals surface area contributed by atoms with Crippen molar-refractivity contribution in [1.82, 2.24) is 15.5 Å². The highest BCUT2D eigenvalue weighted by Gasteiger charge is 2.08. The Morgan fingerprint density at radius 1 is 1.28 bits per heavy atom. The van der Waals surface area contributed by atoms with Crippen molar-refractivity contribution in [3.63, 3.8) is 0 Å². The highest BCUT2D eigenvalue weighted by Crippen LogP contribution is 1.96. The third-order valence-electron chi connectivity index (χ3n) is 2.49. The number of unbranched alkanes of at least 4 members (excludes halogenated alkanes) is 1. The standard InChI is InChI=1S/C12H25N3O3/c1-10(6-7-11(16)17)14-12(18)13-8-4-5-9-15(2)3/h10H,4-9H2,1-3H3,(H,16,17)(H2,13,14,18). The van der Waals surface area contributed by atoms with E-state index in [0.717, 1.165) is 19.4 Å². The highest BCUT2D eigenvalue weighted by molar-refractivity contribution is 5.74.